The van der Waals surface area contributed by atoms with Crippen LogP contribution < -0.4 is 5.32 Å². The van der Waals surface area contributed by atoms with Gasteiger partial charge in [-0.2, -0.15) is 18.2 Å². The van der Waals surface area contributed by atoms with E-state index in [0.717, 1.165) is 26.2 Å². The number of rotatable bonds is 3. The van der Waals surface area contributed by atoms with Gasteiger partial charge in [-0.25, -0.2) is 0 Å². The molecule has 106 valence electrons. The molecule has 2 fully saturated rings. The Morgan fingerprint density at radius 2 is 1.95 bits per heavy atom. The highest BCUT2D eigenvalue weighted by Crippen LogP contribution is 2.57. The van der Waals surface area contributed by atoms with Crippen LogP contribution in [0.3, 0.4) is 0 Å². The lowest BCUT2D eigenvalue weighted by Crippen LogP contribution is -2.42. The molecule has 19 heavy (non-hydrogen) atoms. The van der Waals surface area contributed by atoms with Crippen molar-refractivity contribution in [2.45, 2.75) is 31.0 Å². The number of hydrogen-bond acceptors (Lipinski definition) is 5. The lowest BCUT2D eigenvalue weighted by molar-refractivity contribution is -0.162. The van der Waals surface area contributed by atoms with Gasteiger partial charge in [-0.15, -0.1) is 0 Å². The maximum Gasteiger partial charge on any atom is 0.401 e. The second-order valence-electron chi connectivity index (χ2n) is 5.12. The Kier molecular flexibility index (Phi) is 3.01. The minimum absolute atomic E-state index is 0.0586. The number of aromatic nitrogens is 2. The van der Waals surface area contributed by atoms with Gasteiger partial charge >= 0.3 is 6.18 Å². The number of halogens is 3. The van der Waals surface area contributed by atoms with Gasteiger partial charge in [0.05, 0.1) is 6.54 Å². The van der Waals surface area contributed by atoms with Gasteiger partial charge in [0, 0.05) is 26.2 Å². The van der Waals surface area contributed by atoms with Crippen molar-refractivity contribution in [2.75, 3.05) is 26.2 Å². The van der Waals surface area contributed by atoms with Gasteiger partial charge in [-0.3, -0.25) is 4.90 Å². The zero-order valence-electron chi connectivity index (χ0n) is 10.3. The minimum Gasteiger partial charge on any atom is -0.338 e. The number of piperazine rings is 1. The third-order valence-electron chi connectivity index (χ3n) is 3.76. The summed E-state index contributed by atoms with van der Waals surface area (Å²) in [5, 5.41) is 6.74. The first-order chi connectivity index (χ1) is 9.01. The molecule has 2 aliphatic rings. The van der Waals surface area contributed by atoms with Gasteiger partial charge < -0.3 is 9.84 Å². The second kappa shape index (κ2) is 4.45. The van der Waals surface area contributed by atoms with Crippen molar-refractivity contribution >= 4 is 0 Å². The molecule has 1 aliphatic heterocycles. The molecular formula is C11H15F3N4O. The summed E-state index contributed by atoms with van der Waals surface area (Å²) < 4.78 is 43.7. The molecule has 8 heteroatoms. The molecule has 0 radical (unpaired) electrons. The molecule has 0 spiro atoms. The Balaban J connectivity index is 1.70. The zero-order valence-corrected chi connectivity index (χ0v) is 10.3. The van der Waals surface area contributed by atoms with Crippen LogP contribution in [0, 0.1) is 0 Å². The summed E-state index contributed by atoms with van der Waals surface area (Å²) in [6.07, 6.45) is -4.17. The van der Waals surface area contributed by atoms with Gasteiger partial charge in [0.1, 0.15) is 5.41 Å². The molecule has 1 saturated heterocycles. The molecule has 0 bridgehead atoms. The van der Waals surface area contributed by atoms with Gasteiger partial charge in [-0.05, 0) is 12.8 Å². The molecule has 1 saturated carbocycles. The zero-order chi connectivity index (χ0) is 13.5. The molecular weight excluding hydrogens is 261 g/mol. The van der Waals surface area contributed by atoms with Crippen molar-refractivity contribution in [3.8, 4) is 0 Å². The average molecular weight is 276 g/mol. The summed E-state index contributed by atoms with van der Waals surface area (Å²) in [6, 6.07) is 0. The van der Waals surface area contributed by atoms with Crippen molar-refractivity contribution in [1.29, 1.82) is 0 Å². The van der Waals surface area contributed by atoms with E-state index in [1.165, 1.54) is 0 Å². The number of nitrogens with one attached hydrogen (secondary N) is 1. The molecule has 0 unspecified atom stereocenters. The van der Waals surface area contributed by atoms with Crippen LogP contribution in [0.25, 0.3) is 0 Å². The standard InChI is InChI=1S/C11H15F3N4O/c12-11(13,14)10(1-2-10)9-16-8(19-17-9)7-18-5-3-15-4-6-18/h15H,1-7H2. The molecule has 0 atom stereocenters. The Morgan fingerprint density at radius 1 is 1.26 bits per heavy atom. The molecule has 0 amide bonds. The highest BCUT2D eigenvalue weighted by molar-refractivity contribution is 5.21. The summed E-state index contributed by atoms with van der Waals surface area (Å²) in [5.41, 5.74) is -1.85. The SMILES string of the molecule is FC(F)(F)C1(c2noc(CN3CCNCC3)n2)CC1. The molecule has 0 aromatic carbocycles. The van der Waals surface area contributed by atoms with Crippen LogP contribution in [0.15, 0.2) is 4.52 Å². The fourth-order valence-electron chi connectivity index (χ4n) is 2.33. The normalized spacial score (nSPS) is 23.5. The topological polar surface area (TPSA) is 54.2 Å². The quantitative estimate of drug-likeness (QED) is 0.895. The Labute approximate surface area is 108 Å². The van der Waals surface area contributed by atoms with E-state index >= 15 is 0 Å². The van der Waals surface area contributed by atoms with E-state index in [1.54, 1.807) is 0 Å². The molecule has 1 N–H and O–H groups in total. The molecule has 1 aromatic heterocycles. The van der Waals surface area contributed by atoms with E-state index in [4.69, 9.17) is 4.52 Å². The van der Waals surface area contributed by atoms with E-state index in [-0.39, 0.29) is 24.6 Å². The summed E-state index contributed by atoms with van der Waals surface area (Å²) in [5.74, 6) is 0.0672. The summed E-state index contributed by atoms with van der Waals surface area (Å²) in [6.45, 7) is 3.83. The maximum absolute atomic E-state index is 12.9. The van der Waals surface area contributed by atoms with E-state index in [0.29, 0.717) is 6.54 Å². The first-order valence-corrected chi connectivity index (χ1v) is 6.34. The largest absolute Gasteiger partial charge is 0.401 e. The van der Waals surface area contributed by atoms with Gasteiger partial charge in [0.15, 0.2) is 5.82 Å². The fraction of sp³-hybridized carbons (Fsp3) is 0.818. The Bertz CT molecular complexity index is 449. The number of nitrogens with zero attached hydrogens (tertiary/aromatic N) is 3. The first kappa shape index (κ1) is 12.9. The number of alkyl halides is 3. The van der Waals surface area contributed by atoms with Crippen LogP contribution >= 0.6 is 0 Å². The molecule has 1 aliphatic carbocycles. The average Bonchev–Trinajstić information content (AvgIpc) is 3.07. The van der Waals surface area contributed by atoms with E-state index in [9.17, 15) is 13.2 Å². The predicted molar refractivity (Wildman–Crippen MR) is 59.4 cm³/mol. The fourth-order valence-corrected chi connectivity index (χ4v) is 2.33. The monoisotopic (exact) mass is 276 g/mol. The van der Waals surface area contributed by atoms with E-state index in [1.807, 2.05) is 0 Å². The van der Waals surface area contributed by atoms with Gasteiger partial charge in [0.25, 0.3) is 0 Å². The minimum atomic E-state index is -4.29. The van der Waals surface area contributed by atoms with Crippen LogP contribution in [-0.2, 0) is 12.0 Å². The summed E-state index contributed by atoms with van der Waals surface area (Å²) in [7, 11) is 0. The van der Waals surface area contributed by atoms with Crippen molar-refractivity contribution in [3.05, 3.63) is 11.7 Å². The lowest BCUT2D eigenvalue weighted by atomic mass is 10.1. The van der Waals surface area contributed by atoms with Crippen molar-refractivity contribution in [1.82, 2.24) is 20.4 Å². The lowest BCUT2D eigenvalue weighted by Gasteiger charge is -2.25. The van der Waals surface area contributed by atoms with Crippen molar-refractivity contribution < 1.29 is 17.7 Å². The van der Waals surface area contributed by atoms with Crippen LogP contribution in [0.2, 0.25) is 0 Å². The predicted octanol–water partition coefficient (Wildman–Crippen LogP) is 1.07. The maximum atomic E-state index is 12.9. The van der Waals surface area contributed by atoms with Crippen molar-refractivity contribution in [3.63, 3.8) is 0 Å². The smallest absolute Gasteiger partial charge is 0.338 e. The highest BCUT2D eigenvalue weighted by atomic mass is 19.4. The van der Waals surface area contributed by atoms with Crippen LogP contribution in [0.1, 0.15) is 24.6 Å². The van der Waals surface area contributed by atoms with Crippen LogP contribution in [0.5, 0.6) is 0 Å². The number of hydrogen-bond donors (Lipinski definition) is 1. The third-order valence-corrected chi connectivity index (χ3v) is 3.76. The molecule has 1 aromatic rings. The van der Waals surface area contributed by atoms with E-state index in [2.05, 4.69) is 20.4 Å². The second-order valence-corrected chi connectivity index (χ2v) is 5.12. The Hall–Kier alpha value is -1.15. The van der Waals surface area contributed by atoms with Gasteiger partial charge in [-0.1, -0.05) is 5.16 Å². The summed E-state index contributed by atoms with van der Waals surface area (Å²) in [4.78, 5) is 6.03. The molecule has 3 rings (SSSR count). The Morgan fingerprint density at radius 3 is 2.53 bits per heavy atom. The van der Waals surface area contributed by atoms with Crippen LogP contribution in [-0.4, -0.2) is 47.4 Å². The van der Waals surface area contributed by atoms with E-state index < -0.39 is 11.6 Å². The third kappa shape index (κ3) is 2.34. The highest BCUT2D eigenvalue weighted by Gasteiger charge is 2.67. The van der Waals surface area contributed by atoms with Crippen LogP contribution in [0.4, 0.5) is 13.2 Å². The first-order valence-electron chi connectivity index (χ1n) is 6.34. The molecule has 5 nitrogen and oxygen atoms in total. The van der Waals surface area contributed by atoms with Gasteiger partial charge in [0.2, 0.25) is 5.89 Å². The van der Waals surface area contributed by atoms with Crippen molar-refractivity contribution in [2.24, 2.45) is 0 Å². The summed E-state index contributed by atoms with van der Waals surface area (Å²) >= 11 is 0. The molecule has 2 heterocycles.